The molecular weight excluding hydrogens is 440 g/mol. The summed E-state index contributed by atoms with van der Waals surface area (Å²) < 4.78 is 7.56. The number of anilines is 1. The first kappa shape index (κ1) is 22.5. The lowest BCUT2D eigenvalue weighted by molar-refractivity contribution is -0.132. The fraction of sp³-hybridized carbons (Fsp3) is 0.172. The second-order valence-electron chi connectivity index (χ2n) is 8.88. The third kappa shape index (κ3) is 3.49. The Labute approximate surface area is 203 Å². The highest BCUT2D eigenvalue weighted by molar-refractivity contribution is 6.52. The van der Waals surface area contributed by atoms with E-state index < -0.39 is 17.7 Å². The monoisotopic (exact) mass is 466 g/mol. The largest absolute Gasteiger partial charge is 0.507 e. The van der Waals surface area contributed by atoms with Crippen LogP contribution in [0.1, 0.15) is 28.3 Å². The number of aliphatic hydroxyl groups excluding tert-OH is 1. The van der Waals surface area contributed by atoms with Crippen LogP contribution in [0.4, 0.5) is 5.69 Å². The summed E-state index contributed by atoms with van der Waals surface area (Å²) in [5, 5.41) is 12.5. The Balaban J connectivity index is 1.85. The number of methoxy groups -OCH3 is 1. The molecular formula is C29H26N2O4. The molecule has 1 fully saturated rings. The fourth-order valence-electron chi connectivity index (χ4n) is 5.12. The van der Waals surface area contributed by atoms with E-state index in [1.807, 2.05) is 80.2 Å². The number of rotatable bonds is 4. The number of aryl methyl sites for hydroxylation is 3. The van der Waals surface area contributed by atoms with Crippen LogP contribution >= 0.6 is 0 Å². The van der Waals surface area contributed by atoms with Gasteiger partial charge in [-0.2, -0.15) is 0 Å². The summed E-state index contributed by atoms with van der Waals surface area (Å²) in [5.41, 5.74) is 4.47. The van der Waals surface area contributed by atoms with Gasteiger partial charge in [-0.15, -0.1) is 0 Å². The number of carbonyl (C=O) groups is 2. The molecule has 0 spiro atoms. The molecule has 5 rings (SSSR count). The van der Waals surface area contributed by atoms with Crippen molar-refractivity contribution in [2.75, 3.05) is 12.0 Å². The Hall–Kier alpha value is -4.32. The van der Waals surface area contributed by atoms with Crippen LogP contribution in [-0.4, -0.2) is 28.5 Å². The number of ketones is 1. The average molecular weight is 467 g/mol. The van der Waals surface area contributed by atoms with Gasteiger partial charge in [0.05, 0.1) is 24.3 Å². The SMILES string of the molecule is COc1c(C)cc(C)cc1/C(O)=C1\C(=O)C(=O)N(c2ccccc2)C1c1cn(C)c2ccccc12. The molecule has 6 nitrogen and oxygen atoms in total. The number of hydrogen-bond donors (Lipinski definition) is 1. The molecule has 1 atom stereocenters. The smallest absolute Gasteiger partial charge is 0.300 e. The summed E-state index contributed by atoms with van der Waals surface area (Å²) in [6.45, 7) is 3.79. The quantitative estimate of drug-likeness (QED) is 0.247. The van der Waals surface area contributed by atoms with Crippen molar-refractivity contribution in [1.82, 2.24) is 4.57 Å². The van der Waals surface area contributed by atoms with Gasteiger partial charge in [0.2, 0.25) is 0 Å². The first-order chi connectivity index (χ1) is 16.8. The number of amides is 1. The molecule has 35 heavy (non-hydrogen) atoms. The van der Waals surface area contributed by atoms with Gasteiger partial charge < -0.3 is 14.4 Å². The van der Waals surface area contributed by atoms with E-state index in [0.717, 1.165) is 27.6 Å². The van der Waals surface area contributed by atoms with Gasteiger partial charge in [0, 0.05) is 35.4 Å². The number of nitrogens with zero attached hydrogens (tertiary/aromatic N) is 2. The standard InChI is InChI=1S/C29H26N2O4/c1-17-14-18(2)28(35-4)21(15-17)26(32)24-25(22-16-30(3)23-13-9-8-12-20(22)23)31(29(34)27(24)33)19-10-6-5-7-11-19/h5-16,25,32H,1-4H3/b26-24+. The molecule has 1 unspecified atom stereocenters. The molecule has 0 aliphatic carbocycles. The molecule has 1 aliphatic heterocycles. The number of ether oxygens (including phenoxy) is 1. The second-order valence-corrected chi connectivity index (χ2v) is 8.88. The van der Waals surface area contributed by atoms with E-state index >= 15 is 0 Å². The number of para-hydroxylation sites is 2. The molecule has 1 N–H and O–H groups in total. The van der Waals surface area contributed by atoms with Crippen LogP contribution in [0.5, 0.6) is 5.75 Å². The van der Waals surface area contributed by atoms with E-state index in [1.54, 1.807) is 18.2 Å². The highest BCUT2D eigenvalue weighted by Crippen LogP contribution is 2.45. The maximum Gasteiger partial charge on any atom is 0.300 e. The van der Waals surface area contributed by atoms with Crippen LogP contribution < -0.4 is 9.64 Å². The Kier molecular flexibility index (Phi) is 5.44. The van der Waals surface area contributed by atoms with E-state index in [1.165, 1.54) is 12.0 Å². The van der Waals surface area contributed by atoms with Gasteiger partial charge in [-0.25, -0.2) is 0 Å². The normalized spacial score (nSPS) is 17.4. The maximum atomic E-state index is 13.5. The topological polar surface area (TPSA) is 71.8 Å². The van der Waals surface area contributed by atoms with Crippen molar-refractivity contribution in [3.8, 4) is 5.75 Å². The van der Waals surface area contributed by atoms with Crippen LogP contribution in [0.3, 0.4) is 0 Å². The Morgan fingerprint density at radius 1 is 0.971 bits per heavy atom. The van der Waals surface area contributed by atoms with Crippen LogP contribution in [0.2, 0.25) is 0 Å². The van der Waals surface area contributed by atoms with Gasteiger partial charge in [-0.3, -0.25) is 14.5 Å². The van der Waals surface area contributed by atoms with Crippen molar-refractivity contribution >= 4 is 34.0 Å². The van der Waals surface area contributed by atoms with Gasteiger partial charge in [-0.1, -0.05) is 42.5 Å². The third-order valence-electron chi connectivity index (χ3n) is 6.58. The number of Topliss-reactive ketones (excluding diaryl/α,β-unsaturated/α-hetero) is 1. The fourth-order valence-corrected chi connectivity index (χ4v) is 5.12. The van der Waals surface area contributed by atoms with Crippen LogP contribution in [0.25, 0.3) is 16.7 Å². The zero-order valence-corrected chi connectivity index (χ0v) is 20.1. The molecule has 1 saturated heterocycles. The molecule has 0 saturated carbocycles. The Morgan fingerprint density at radius 3 is 2.37 bits per heavy atom. The minimum atomic E-state index is -0.811. The third-order valence-corrected chi connectivity index (χ3v) is 6.58. The van der Waals surface area contributed by atoms with E-state index in [-0.39, 0.29) is 11.3 Å². The summed E-state index contributed by atoms with van der Waals surface area (Å²) in [6.07, 6.45) is 1.92. The number of aromatic nitrogens is 1. The minimum absolute atomic E-state index is 0.0403. The van der Waals surface area contributed by atoms with Gasteiger partial charge in [0.1, 0.15) is 11.5 Å². The highest BCUT2D eigenvalue weighted by atomic mass is 16.5. The molecule has 2 heterocycles. The minimum Gasteiger partial charge on any atom is -0.507 e. The Bertz CT molecular complexity index is 1510. The molecule has 6 heteroatoms. The van der Waals surface area contributed by atoms with E-state index in [9.17, 15) is 14.7 Å². The van der Waals surface area contributed by atoms with Gasteiger partial charge in [0.15, 0.2) is 0 Å². The van der Waals surface area contributed by atoms with Gasteiger partial charge >= 0.3 is 0 Å². The van der Waals surface area contributed by atoms with Crippen molar-refractivity contribution in [1.29, 1.82) is 0 Å². The van der Waals surface area contributed by atoms with Crippen molar-refractivity contribution in [2.24, 2.45) is 7.05 Å². The van der Waals surface area contributed by atoms with Crippen molar-refractivity contribution in [2.45, 2.75) is 19.9 Å². The number of benzene rings is 3. The zero-order valence-electron chi connectivity index (χ0n) is 20.1. The van der Waals surface area contributed by atoms with Gasteiger partial charge in [-0.05, 0) is 49.2 Å². The first-order valence-corrected chi connectivity index (χ1v) is 11.4. The van der Waals surface area contributed by atoms with Crippen molar-refractivity contribution < 1.29 is 19.4 Å². The molecule has 3 aromatic carbocycles. The first-order valence-electron chi connectivity index (χ1n) is 11.4. The number of fused-ring (bicyclic) bond motifs is 1. The zero-order chi connectivity index (χ0) is 24.9. The molecule has 0 radical (unpaired) electrons. The average Bonchev–Trinajstić information content (AvgIpc) is 3.32. The summed E-state index contributed by atoms with van der Waals surface area (Å²) in [4.78, 5) is 28.5. The number of carbonyl (C=O) groups excluding carboxylic acids is 2. The predicted octanol–water partition coefficient (Wildman–Crippen LogP) is 5.43. The lowest BCUT2D eigenvalue weighted by Crippen LogP contribution is -2.29. The van der Waals surface area contributed by atoms with Crippen molar-refractivity contribution in [3.05, 3.63) is 101 Å². The van der Waals surface area contributed by atoms with Gasteiger partial charge in [0.25, 0.3) is 11.7 Å². The molecule has 1 aliphatic rings. The summed E-state index contributed by atoms with van der Waals surface area (Å²) in [7, 11) is 3.45. The summed E-state index contributed by atoms with van der Waals surface area (Å²) in [6, 6.07) is 19.8. The van der Waals surface area contributed by atoms with E-state index in [2.05, 4.69) is 0 Å². The highest BCUT2D eigenvalue weighted by Gasteiger charge is 2.48. The number of aliphatic hydroxyl groups is 1. The lowest BCUT2D eigenvalue weighted by Gasteiger charge is -2.25. The second kappa shape index (κ2) is 8.47. The predicted molar refractivity (Wildman–Crippen MR) is 137 cm³/mol. The lowest BCUT2D eigenvalue weighted by atomic mass is 9.93. The Morgan fingerprint density at radius 2 is 1.66 bits per heavy atom. The molecule has 1 aromatic heterocycles. The molecule has 176 valence electrons. The summed E-state index contributed by atoms with van der Waals surface area (Å²) >= 11 is 0. The van der Waals surface area contributed by atoms with E-state index in [4.69, 9.17) is 4.74 Å². The van der Waals surface area contributed by atoms with Crippen LogP contribution in [-0.2, 0) is 16.6 Å². The number of hydrogen-bond acceptors (Lipinski definition) is 4. The maximum absolute atomic E-state index is 13.5. The molecule has 4 aromatic rings. The molecule has 0 bridgehead atoms. The van der Waals surface area contributed by atoms with E-state index in [0.29, 0.717) is 17.0 Å². The molecule has 1 amide bonds. The van der Waals surface area contributed by atoms with Crippen LogP contribution in [0, 0.1) is 13.8 Å². The summed E-state index contributed by atoms with van der Waals surface area (Å²) in [5.74, 6) is -1.19. The van der Waals surface area contributed by atoms with Crippen LogP contribution in [0.15, 0.2) is 78.5 Å². The van der Waals surface area contributed by atoms with Crippen molar-refractivity contribution in [3.63, 3.8) is 0 Å².